The monoisotopic (exact) mass is 352 g/mol. The highest BCUT2D eigenvalue weighted by Crippen LogP contribution is 2.33. The Balaban J connectivity index is 2.16. The maximum atomic E-state index is 12.9. The van der Waals surface area contributed by atoms with E-state index in [9.17, 15) is 9.90 Å². The topological polar surface area (TPSA) is 82.5 Å². The first-order valence-electron chi connectivity index (χ1n) is 8.46. The lowest BCUT2D eigenvalue weighted by Gasteiger charge is -2.40. The lowest BCUT2D eigenvalue weighted by molar-refractivity contribution is -0.160. The highest BCUT2D eigenvalue weighted by atomic mass is 16.5. The van der Waals surface area contributed by atoms with Crippen molar-refractivity contribution in [2.24, 2.45) is 0 Å². The zero-order chi connectivity index (χ0) is 18.4. The summed E-state index contributed by atoms with van der Waals surface area (Å²) in [4.78, 5) is 16.3. The molecule has 7 heteroatoms. The van der Waals surface area contributed by atoms with E-state index in [1.807, 2.05) is 12.1 Å². The van der Waals surface area contributed by atoms with Crippen LogP contribution in [0.1, 0.15) is 18.4 Å². The summed E-state index contributed by atoms with van der Waals surface area (Å²) < 4.78 is 10.7. The molecule has 140 valence electrons. The molecule has 0 aliphatic carbocycles. The van der Waals surface area contributed by atoms with Crippen molar-refractivity contribution < 1.29 is 24.5 Å². The van der Waals surface area contributed by atoms with Crippen molar-refractivity contribution >= 4 is 5.91 Å². The van der Waals surface area contributed by atoms with Crippen LogP contribution in [-0.4, -0.2) is 79.0 Å². The summed E-state index contributed by atoms with van der Waals surface area (Å²) in [5, 5.41) is 19.9. The van der Waals surface area contributed by atoms with Gasteiger partial charge in [0.15, 0.2) is 17.1 Å². The molecule has 0 aromatic heterocycles. The number of benzene rings is 1. The molecule has 0 bridgehead atoms. The summed E-state index contributed by atoms with van der Waals surface area (Å²) in [6, 6.07) is 5.55. The Morgan fingerprint density at radius 3 is 2.72 bits per heavy atom. The minimum Gasteiger partial charge on any atom is -0.493 e. The number of aliphatic hydroxyl groups excluding tert-OH is 1. The number of methoxy groups -OCH3 is 2. The van der Waals surface area contributed by atoms with E-state index < -0.39 is 5.60 Å². The Morgan fingerprint density at radius 1 is 1.32 bits per heavy atom. The van der Waals surface area contributed by atoms with E-state index in [0.717, 1.165) is 12.0 Å². The molecular weight excluding hydrogens is 324 g/mol. The molecular formula is C18H28N2O5. The van der Waals surface area contributed by atoms with Gasteiger partial charge in [-0.2, -0.15) is 0 Å². The summed E-state index contributed by atoms with van der Waals surface area (Å²) in [7, 11) is 4.93. The number of carbonyl (C=O) groups is 1. The number of likely N-dealkylation sites (tertiary alicyclic amines) is 1. The smallest absolute Gasteiger partial charge is 0.256 e. The van der Waals surface area contributed by atoms with Crippen molar-refractivity contribution in [1.82, 2.24) is 9.80 Å². The average Bonchev–Trinajstić information content (AvgIpc) is 2.59. The molecule has 1 fully saturated rings. The number of aliphatic hydroxyl groups is 2. The van der Waals surface area contributed by atoms with Crippen molar-refractivity contribution in [3.63, 3.8) is 0 Å². The van der Waals surface area contributed by atoms with Gasteiger partial charge in [0.25, 0.3) is 5.91 Å². The van der Waals surface area contributed by atoms with Crippen LogP contribution in [0, 0.1) is 0 Å². The molecule has 2 rings (SSSR count). The van der Waals surface area contributed by atoms with Crippen LogP contribution in [0.15, 0.2) is 18.2 Å². The quantitative estimate of drug-likeness (QED) is 0.708. The Hall–Kier alpha value is -1.83. The normalized spacial score (nSPS) is 20.9. The van der Waals surface area contributed by atoms with Crippen molar-refractivity contribution in [2.45, 2.75) is 25.0 Å². The van der Waals surface area contributed by atoms with Crippen molar-refractivity contribution in [3.8, 4) is 11.5 Å². The summed E-state index contributed by atoms with van der Waals surface area (Å²) in [5.74, 6) is 0.931. The molecule has 1 aromatic carbocycles. The number of para-hydroxylation sites is 1. The number of piperidine rings is 1. The second kappa shape index (κ2) is 8.51. The number of likely N-dealkylation sites (N-methyl/N-ethyl adjacent to an activating group) is 1. The number of nitrogens with zero attached hydrogens (tertiary/aromatic N) is 2. The third kappa shape index (κ3) is 4.42. The average molecular weight is 352 g/mol. The summed E-state index contributed by atoms with van der Waals surface area (Å²) in [5.41, 5.74) is -0.586. The fourth-order valence-corrected chi connectivity index (χ4v) is 3.34. The predicted octanol–water partition coefficient (Wildman–Crippen LogP) is 0.481. The third-order valence-electron chi connectivity index (χ3n) is 4.56. The molecule has 7 nitrogen and oxygen atoms in total. The number of carbonyl (C=O) groups excluding carboxylic acids is 1. The molecule has 1 aliphatic rings. The van der Waals surface area contributed by atoms with E-state index >= 15 is 0 Å². The maximum Gasteiger partial charge on any atom is 0.256 e. The second-order valence-corrected chi connectivity index (χ2v) is 6.48. The molecule has 1 unspecified atom stereocenters. The fourth-order valence-electron chi connectivity index (χ4n) is 3.34. The van der Waals surface area contributed by atoms with Crippen molar-refractivity contribution in [3.05, 3.63) is 23.8 Å². The third-order valence-corrected chi connectivity index (χ3v) is 4.56. The molecule has 2 N–H and O–H groups in total. The van der Waals surface area contributed by atoms with Crippen LogP contribution < -0.4 is 9.47 Å². The van der Waals surface area contributed by atoms with E-state index in [4.69, 9.17) is 14.6 Å². The van der Waals surface area contributed by atoms with Crippen LogP contribution in [0.5, 0.6) is 11.5 Å². The fraction of sp³-hybridized carbons (Fsp3) is 0.611. The number of ether oxygens (including phenoxy) is 2. The number of hydrogen-bond donors (Lipinski definition) is 2. The van der Waals surface area contributed by atoms with Gasteiger partial charge in [-0.15, -0.1) is 0 Å². The van der Waals surface area contributed by atoms with Gasteiger partial charge in [0.2, 0.25) is 0 Å². The number of rotatable bonds is 8. The van der Waals surface area contributed by atoms with Gasteiger partial charge >= 0.3 is 0 Å². The maximum absolute atomic E-state index is 12.9. The van der Waals surface area contributed by atoms with Gasteiger partial charge in [-0.1, -0.05) is 12.1 Å². The standard InChI is InChI=1S/C18H28N2O5/c1-19(10-11-21)13-18(23)8-5-9-20(17(18)22)12-14-6-4-7-15(24-2)16(14)25-3/h4,6-7,21,23H,5,8-13H2,1-3H3. The molecule has 1 heterocycles. The minimum atomic E-state index is -1.42. The van der Waals surface area contributed by atoms with Crippen LogP contribution in [0.3, 0.4) is 0 Å². The lowest BCUT2D eigenvalue weighted by Crippen LogP contribution is -2.58. The molecule has 1 atom stereocenters. The van der Waals surface area contributed by atoms with Gasteiger partial charge in [0.05, 0.1) is 20.8 Å². The number of amides is 1. The van der Waals surface area contributed by atoms with Crippen molar-refractivity contribution in [2.75, 3.05) is 47.5 Å². The van der Waals surface area contributed by atoms with Crippen molar-refractivity contribution in [1.29, 1.82) is 0 Å². The molecule has 1 aromatic rings. The van der Waals surface area contributed by atoms with E-state index in [0.29, 0.717) is 37.6 Å². The van der Waals surface area contributed by atoms with Gasteiger partial charge in [-0.05, 0) is 26.0 Å². The summed E-state index contributed by atoms with van der Waals surface area (Å²) >= 11 is 0. The summed E-state index contributed by atoms with van der Waals surface area (Å²) in [6.45, 7) is 1.55. The van der Waals surface area contributed by atoms with E-state index in [-0.39, 0.29) is 19.1 Å². The molecule has 1 aliphatic heterocycles. The van der Waals surface area contributed by atoms with Crippen LogP contribution in [0.25, 0.3) is 0 Å². The predicted molar refractivity (Wildman–Crippen MR) is 93.7 cm³/mol. The van der Waals surface area contributed by atoms with Gasteiger partial charge < -0.3 is 29.5 Å². The lowest BCUT2D eigenvalue weighted by atomic mass is 9.90. The summed E-state index contributed by atoms with van der Waals surface area (Å²) in [6.07, 6.45) is 1.15. The van der Waals surface area contributed by atoms with Gasteiger partial charge in [0, 0.05) is 31.7 Å². The van der Waals surface area contributed by atoms with E-state index in [2.05, 4.69) is 0 Å². The first kappa shape index (κ1) is 19.5. The Kier molecular flexibility index (Phi) is 6.64. The van der Waals surface area contributed by atoms with E-state index in [1.165, 1.54) is 0 Å². The van der Waals surface area contributed by atoms with Gasteiger partial charge in [-0.25, -0.2) is 0 Å². The van der Waals surface area contributed by atoms with Crippen LogP contribution in [-0.2, 0) is 11.3 Å². The van der Waals surface area contributed by atoms with Crippen LogP contribution in [0.4, 0.5) is 0 Å². The molecule has 1 amide bonds. The Labute approximate surface area is 148 Å². The second-order valence-electron chi connectivity index (χ2n) is 6.48. The highest BCUT2D eigenvalue weighted by Gasteiger charge is 2.42. The SMILES string of the molecule is COc1cccc(CN2CCCC(O)(CN(C)CCO)C2=O)c1OC. The Bertz CT molecular complexity index is 595. The minimum absolute atomic E-state index is 0.00844. The first-order chi connectivity index (χ1) is 11.9. The molecule has 0 saturated carbocycles. The molecule has 0 radical (unpaired) electrons. The van der Waals surface area contributed by atoms with Crippen LogP contribution >= 0.6 is 0 Å². The van der Waals surface area contributed by atoms with E-state index in [1.54, 1.807) is 37.1 Å². The number of hydrogen-bond acceptors (Lipinski definition) is 6. The zero-order valence-corrected chi connectivity index (χ0v) is 15.2. The molecule has 0 spiro atoms. The van der Waals surface area contributed by atoms with Crippen LogP contribution in [0.2, 0.25) is 0 Å². The largest absolute Gasteiger partial charge is 0.493 e. The first-order valence-corrected chi connectivity index (χ1v) is 8.46. The zero-order valence-electron chi connectivity index (χ0n) is 15.2. The highest BCUT2D eigenvalue weighted by molar-refractivity contribution is 5.86. The molecule has 1 saturated heterocycles. The van der Waals surface area contributed by atoms with Gasteiger partial charge in [-0.3, -0.25) is 4.79 Å². The van der Waals surface area contributed by atoms with Gasteiger partial charge in [0.1, 0.15) is 0 Å². The Morgan fingerprint density at radius 2 is 2.08 bits per heavy atom. The molecule has 25 heavy (non-hydrogen) atoms.